The van der Waals surface area contributed by atoms with Gasteiger partial charge in [0.1, 0.15) is 12.4 Å². The van der Waals surface area contributed by atoms with E-state index >= 15 is 0 Å². The van der Waals surface area contributed by atoms with E-state index in [-0.39, 0.29) is 6.04 Å². The van der Waals surface area contributed by atoms with Gasteiger partial charge in [-0.2, -0.15) is 0 Å². The van der Waals surface area contributed by atoms with E-state index in [2.05, 4.69) is 17.1 Å². The molecule has 3 heteroatoms. The van der Waals surface area contributed by atoms with Gasteiger partial charge in [0.2, 0.25) is 6.08 Å². The molecule has 0 spiro atoms. The molecule has 2 rings (SSSR count). The zero-order valence-electron chi connectivity index (χ0n) is 12.2. The van der Waals surface area contributed by atoms with Crippen LogP contribution < -0.4 is 4.74 Å². The summed E-state index contributed by atoms with van der Waals surface area (Å²) < 4.78 is 5.74. The van der Waals surface area contributed by atoms with Gasteiger partial charge in [-0.05, 0) is 43.0 Å². The molecule has 0 saturated heterocycles. The van der Waals surface area contributed by atoms with Crippen molar-refractivity contribution >= 4 is 6.08 Å². The highest BCUT2D eigenvalue weighted by Gasteiger charge is 2.01. The molecule has 2 aromatic rings. The molecule has 1 atom stereocenters. The van der Waals surface area contributed by atoms with E-state index in [1.165, 1.54) is 5.56 Å². The van der Waals surface area contributed by atoms with Gasteiger partial charge < -0.3 is 4.74 Å². The molecule has 0 fully saturated rings. The van der Waals surface area contributed by atoms with Crippen LogP contribution in [-0.2, 0) is 17.8 Å². The summed E-state index contributed by atoms with van der Waals surface area (Å²) in [4.78, 5) is 13.8. The molecule has 21 heavy (non-hydrogen) atoms. The normalized spacial score (nSPS) is 11.5. The molecule has 1 unspecified atom stereocenters. The Labute approximate surface area is 125 Å². The number of nitrogens with zero attached hydrogens (tertiary/aromatic N) is 1. The molecular formula is C18H19NO2. The van der Waals surface area contributed by atoms with Gasteiger partial charge in [-0.25, -0.2) is 9.79 Å². The first-order chi connectivity index (χ1) is 10.3. The SMILES string of the molecule is CC(CCc1ccc(OCc2ccccc2)cc1)N=C=O. The van der Waals surface area contributed by atoms with Crippen molar-refractivity contribution in [1.29, 1.82) is 0 Å². The topological polar surface area (TPSA) is 38.7 Å². The van der Waals surface area contributed by atoms with E-state index < -0.39 is 0 Å². The summed E-state index contributed by atoms with van der Waals surface area (Å²) in [6, 6.07) is 18.2. The van der Waals surface area contributed by atoms with Gasteiger partial charge in [0, 0.05) is 0 Å². The Bertz CT molecular complexity index is 586. The molecule has 0 saturated carbocycles. The average molecular weight is 281 g/mol. The number of aryl methyl sites for hydroxylation is 1. The summed E-state index contributed by atoms with van der Waals surface area (Å²) >= 11 is 0. The van der Waals surface area contributed by atoms with E-state index in [9.17, 15) is 4.79 Å². The van der Waals surface area contributed by atoms with Crippen LogP contribution in [-0.4, -0.2) is 12.1 Å². The molecule has 0 N–H and O–H groups in total. The number of aliphatic imine (C=N–C) groups is 1. The van der Waals surface area contributed by atoms with E-state index in [4.69, 9.17) is 4.74 Å². The zero-order chi connectivity index (χ0) is 14.9. The maximum atomic E-state index is 10.2. The molecule has 2 aromatic carbocycles. The van der Waals surface area contributed by atoms with E-state index in [1.54, 1.807) is 6.08 Å². The lowest BCUT2D eigenvalue weighted by Gasteiger charge is -2.08. The van der Waals surface area contributed by atoms with Crippen LogP contribution in [0.2, 0.25) is 0 Å². The van der Waals surface area contributed by atoms with Gasteiger partial charge in [0.05, 0.1) is 6.04 Å². The predicted octanol–water partition coefficient (Wildman–Crippen LogP) is 3.92. The Kier molecular flexibility index (Phi) is 5.74. The van der Waals surface area contributed by atoms with Gasteiger partial charge >= 0.3 is 0 Å². The van der Waals surface area contributed by atoms with Crippen molar-refractivity contribution < 1.29 is 9.53 Å². The van der Waals surface area contributed by atoms with Crippen molar-refractivity contribution in [2.45, 2.75) is 32.4 Å². The quantitative estimate of drug-likeness (QED) is 0.570. The Hall–Kier alpha value is -2.38. The van der Waals surface area contributed by atoms with Crippen LogP contribution >= 0.6 is 0 Å². The summed E-state index contributed by atoms with van der Waals surface area (Å²) in [5.41, 5.74) is 2.37. The molecule has 0 aliphatic carbocycles. The highest BCUT2D eigenvalue weighted by molar-refractivity contribution is 5.33. The van der Waals surface area contributed by atoms with Gasteiger partial charge in [0.15, 0.2) is 0 Å². The summed E-state index contributed by atoms with van der Waals surface area (Å²) in [5.74, 6) is 0.863. The van der Waals surface area contributed by atoms with Crippen molar-refractivity contribution in [3.63, 3.8) is 0 Å². The lowest BCUT2D eigenvalue weighted by Crippen LogP contribution is -2.00. The van der Waals surface area contributed by atoms with E-state index in [0.717, 1.165) is 24.2 Å². The first-order valence-electron chi connectivity index (χ1n) is 7.10. The monoisotopic (exact) mass is 281 g/mol. The summed E-state index contributed by atoms with van der Waals surface area (Å²) in [6.07, 6.45) is 3.34. The van der Waals surface area contributed by atoms with Gasteiger partial charge in [-0.15, -0.1) is 0 Å². The van der Waals surface area contributed by atoms with Gasteiger partial charge in [-0.3, -0.25) is 0 Å². The van der Waals surface area contributed by atoms with Crippen LogP contribution in [0.5, 0.6) is 5.75 Å². The van der Waals surface area contributed by atoms with Crippen molar-refractivity contribution in [2.75, 3.05) is 0 Å². The van der Waals surface area contributed by atoms with E-state index in [0.29, 0.717) is 6.61 Å². The Morgan fingerprint density at radius 3 is 2.43 bits per heavy atom. The molecule has 0 amide bonds. The van der Waals surface area contributed by atoms with Crippen molar-refractivity contribution in [1.82, 2.24) is 0 Å². The number of benzene rings is 2. The minimum absolute atomic E-state index is 0.0245. The van der Waals surface area contributed by atoms with Gasteiger partial charge in [0.25, 0.3) is 0 Å². The highest BCUT2D eigenvalue weighted by Crippen LogP contribution is 2.16. The lowest BCUT2D eigenvalue weighted by atomic mass is 10.1. The molecule has 108 valence electrons. The third-order valence-corrected chi connectivity index (χ3v) is 3.30. The van der Waals surface area contributed by atoms with Crippen LogP contribution in [0.3, 0.4) is 0 Å². The molecule has 0 aliphatic rings. The van der Waals surface area contributed by atoms with Crippen LogP contribution in [0, 0.1) is 0 Å². The minimum atomic E-state index is 0.0245. The van der Waals surface area contributed by atoms with Crippen LogP contribution in [0.4, 0.5) is 0 Å². The maximum absolute atomic E-state index is 10.2. The van der Waals surface area contributed by atoms with Gasteiger partial charge in [-0.1, -0.05) is 42.5 Å². The first kappa shape index (κ1) is 15.0. The Morgan fingerprint density at radius 1 is 1.05 bits per heavy atom. The maximum Gasteiger partial charge on any atom is 0.235 e. The largest absolute Gasteiger partial charge is 0.489 e. The average Bonchev–Trinajstić information content (AvgIpc) is 2.53. The highest BCUT2D eigenvalue weighted by atomic mass is 16.5. The summed E-state index contributed by atoms with van der Waals surface area (Å²) in [7, 11) is 0. The van der Waals surface area contributed by atoms with Crippen molar-refractivity contribution in [3.05, 3.63) is 65.7 Å². The Balaban J connectivity index is 1.83. The van der Waals surface area contributed by atoms with E-state index in [1.807, 2.05) is 49.4 Å². The summed E-state index contributed by atoms with van der Waals surface area (Å²) in [5, 5.41) is 0. The molecular weight excluding hydrogens is 262 g/mol. The number of ether oxygens (including phenoxy) is 1. The van der Waals surface area contributed by atoms with Crippen LogP contribution in [0.25, 0.3) is 0 Å². The third kappa shape index (κ3) is 5.25. The Morgan fingerprint density at radius 2 is 1.76 bits per heavy atom. The third-order valence-electron chi connectivity index (χ3n) is 3.30. The minimum Gasteiger partial charge on any atom is -0.489 e. The zero-order valence-corrected chi connectivity index (χ0v) is 12.2. The first-order valence-corrected chi connectivity index (χ1v) is 7.10. The summed E-state index contributed by atoms with van der Waals surface area (Å²) in [6.45, 7) is 2.49. The molecule has 0 bridgehead atoms. The molecule has 0 heterocycles. The predicted molar refractivity (Wildman–Crippen MR) is 83.1 cm³/mol. The second-order valence-corrected chi connectivity index (χ2v) is 5.03. The second-order valence-electron chi connectivity index (χ2n) is 5.03. The molecule has 0 aliphatic heterocycles. The molecule has 3 nitrogen and oxygen atoms in total. The van der Waals surface area contributed by atoms with Crippen LogP contribution in [0.15, 0.2) is 59.6 Å². The fourth-order valence-electron chi connectivity index (χ4n) is 2.02. The number of hydrogen-bond acceptors (Lipinski definition) is 3. The number of hydrogen-bond donors (Lipinski definition) is 0. The number of rotatable bonds is 7. The van der Waals surface area contributed by atoms with Crippen molar-refractivity contribution in [3.8, 4) is 5.75 Å². The molecule has 0 radical (unpaired) electrons. The fraction of sp³-hybridized carbons (Fsp3) is 0.278. The smallest absolute Gasteiger partial charge is 0.235 e. The van der Waals surface area contributed by atoms with Crippen molar-refractivity contribution in [2.24, 2.45) is 4.99 Å². The molecule has 0 aromatic heterocycles. The number of isocyanates is 1. The number of carbonyl (C=O) groups excluding carboxylic acids is 1. The fourth-order valence-corrected chi connectivity index (χ4v) is 2.02. The standard InChI is InChI=1S/C18H19NO2/c1-15(19-14-20)7-8-16-9-11-18(12-10-16)21-13-17-5-3-2-4-6-17/h2-6,9-12,15H,7-8,13H2,1H3. The lowest BCUT2D eigenvalue weighted by molar-refractivity contribution is 0.306. The van der Waals surface area contributed by atoms with Crippen LogP contribution in [0.1, 0.15) is 24.5 Å². The second kappa shape index (κ2) is 8.03.